The fourth-order valence-electron chi connectivity index (χ4n) is 4.26. The second kappa shape index (κ2) is 9.05. The molecule has 0 unspecified atom stereocenters. The molecule has 3 heterocycles. The van der Waals surface area contributed by atoms with E-state index < -0.39 is 0 Å². The number of fused-ring (bicyclic) bond motifs is 1. The molecule has 9 nitrogen and oxygen atoms in total. The Hall–Kier alpha value is -4.08. The van der Waals surface area contributed by atoms with Gasteiger partial charge in [0.2, 0.25) is 0 Å². The van der Waals surface area contributed by atoms with Crippen LogP contribution in [0.5, 0.6) is 5.75 Å². The Bertz CT molecular complexity index is 1390. The van der Waals surface area contributed by atoms with Crippen molar-refractivity contribution in [3.05, 3.63) is 81.7 Å². The van der Waals surface area contributed by atoms with Crippen molar-refractivity contribution in [1.29, 1.82) is 0 Å². The van der Waals surface area contributed by atoms with E-state index in [9.17, 15) is 14.0 Å². The van der Waals surface area contributed by atoms with E-state index in [1.807, 2.05) is 4.90 Å². The maximum absolute atomic E-state index is 13.6. The summed E-state index contributed by atoms with van der Waals surface area (Å²) in [4.78, 5) is 34.8. The molecule has 1 fully saturated rings. The molecule has 10 heteroatoms. The summed E-state index contributed by atoms with van der Waals surface area (Å²) >= 11 is 0. The predicted molar refractivity (Wildman–Crippen MR) is 122 cm³/mol. The molecule has 34 heavy (non-hydrogen) atoms. The van der Waals surface area contributed by atoms with Crippen LogP contribution in [0.15, 0.2) is 53.3 Å². The number of aromatic amines is 1. The molecule has 2 aromatic heterocycles. The van der Waals surface area contributed by atoms with E-state index in [2.05, 4.69) is 20.3 Å². The fourth-order valence-corrected chi connectivity index (χ4v) is 4.26. The molecule has 1 aliphatic rings. The number of H-pyrrole nitrogens is 1. The lowest BCUT2D eigenvalue weighted by atomic mass is 9.95. The standard InChI is InChI=1S/C24H23FN6O3/c1-34-19-7-5-17(6-8-19)24(33)30-11-9-16(10-12-30)21-26-22-20(23(32)27-21)28-29-31(22)14-15-3-2-4-18(25)13-15/h2-8,13,16H,9-12,14H2,1H3,(H,26,27,32). The van der Waals surface area contributed by atoms with Gasteiger partial charge in [-0.05, 0) is 54.8 Å². The van der Waals surface area contributed by atoms with Gasteiger partial charge in [0, 0.05) is 24.6 Å². The summed E-state index contributed by atoms with van der Waals surface area (Å²) in [5.41, 5.74) is 1.45. The van der Waals surface area contributed by atoms with Gasteiger partial charge in [0.1, 0.15) is 17.4 Å². The Morgan fingerprint density at radius 3 is 2.65 bits per heavy atom. The first-order valence-electron chi connectivity index (χ1n) is 11.0. The number of piperidine rings is 1. The van der Waals surface area contributed by atoms with E-state index in [4.69, 9.17) is 4.74 Å². The third kappa shape index (κ3) is 4.26. The highest BCUT2D eigenvalue weighted by Gasteiger charge is 2.27. The molecule has 0 atom stereocenters. The number of ether oxygens (including phenoxy) is 1. The maximum atomic E-state index is 13.6. The molecular weight excluding hydrogens is 439 g/mol. The quantitative estimate of drug-likeness (QED) is 0.489. The molecule has 0 aliphatic carbocycles. The van der Waals surface area contributed by atoms with Crippen LogP contribution in [0.25, 0.3) is 11.2 Å². The number of methoxy groups -OCH3 is 1. The monoisotopic (exact) mass is 462 g/mol. The lowest BCUT2D eigenvalue weighted by Crippen LogP contribution is -2.38. The number of benzene rings is 2. The van der Waals surface area contributed by atoms with Crippen LogP contribution in [0, 0.1) is 5.82 Å². The number of carbonyl (C=O) groups is 1. The average Bonchev–Trinajstić information content (AvgIpc) is 3.27. The molecule has 1 saturated heterocycles. The first-order chi connectivity index (χ1) is 16.5. The molecule has 0 saturated carbocycles. The highest BCUT2D eigenvalue weighted by molar-refractivity contribution is 5.94. The Kier molecular flexibility index (Phi) is 5.79. The second-order valence-corrected chi connectivity index (χ2v) is 8.30. The fraction of sp³-hybridized carbons (Fsp3) is 0.292. The van der Waals surface area contributed by atoms with Gasteiger partial charge in [-0.2, -0.15) is 0 Å². The highest BCUT2D eigenvalue weighted by atomic mass is 19.1. The van der Waals surface area contributed by atoms with Gasteiger partial charge < -0.3 is 14.6 Å². The number of nitrogens with one attached hydrogen (secondary N) is 1. The predicted octanol–water partition coefficient (Wildman–Crippen LogP) is 2.73. The third-order valence-corrected chi connectivity index (χ3v) is 6.12. The first-order valence-corrected chi connectivity index (χ1v) is 11.0. The van der Waals surface area contributed by atoms with E-state index in [1.54, 1.807) is 43.5 Å². The molecule has 0 spiro atoms. The van der Waals surface area contributed by atoms with Crippen molar-refractivity contribution in [3.8, 4) is 5.75 Å². The molecule has 2 aromatic carbocycles. The minimum Gasteiger partial charge on any atom is -0.497 e. The summed E-state index contributed by atoms with van der Waals surface area (Å²) in [7, 11) is 1.59. The van der Waals surface area contributed by atoms with Gasteiger partial charge in [-0.15, -0.1) is 5.10 Å². The molecule has 1 N–H and O–H groups in total. The number of amides is 1. The van der Waals surface area contributed by atoms with Crippen molar-refractivity contribution in [2.45, 2.75) is 25.3 Å². The van der Waals surface area contributed by atoms with Crippen molar-refractivity contribution in [2.24, 2.45) is 0 Å². The van der Waals surface area contributed by atoms with Crippen LogP contribution >= 0.6 is 0 Å². The molecular formula is C24H23FN6O3. The van der Waals surface area contributed by atoms with Gasteiger partial charge in [0.25, 0.3) is 11.5 Å². The summed E-state index contributed by atoms with van der Waals surface area (Å²) in [5, 5.41) is 8.00. The van der Waals surface area contributed by atoms with Gasteiger partial charge >= 0.3 is 0 Å². The van der Waals surface area contributed by atoms with Crippen LogP contribution < -0.4 is 10.3 Å². The van der Waals surface area contributed by atoms with Crippen molar-refractivity contribution < 1.29 is 13.9 Å². The van der Waals surface area contributed by atoms with E-state index >= 15 is 0 Å². The molecule has 0 radical (unpaired) electrons. The van der Waals surface area contributed by atoms with Crippen molar-refractivity contribution >= 4 is 17.1 Å². The molecule has 5 rings (SSSR count). The van der Waals surface area contributed by atoms with Gasteiger partial charge in [-0.25, -0.2) is 14.1 Å². The van der Waals surface area contributed by atoms with E-state index in [-0.39, 0.29) is 35.3 Å². The van der Waals surface area contributed by atoms with E-state index in [0.29, 0.717) is 54.3 Å². The zero-order chi connectivity index (χ0) is 23.7. The number of rotatable bonds is 5. The Labute approximate surface area is 194 Å². The smallest absolute Gasteiger partial charge is 0.281 e. The number of aromatic nitrogens is 5. The SMILES string of the molecule is COc1ccc(C(=O)N2CCC(c3nc4c(nnn4Cc4cccc(F)c4)c(=O)[nH]3)CC2)cc1. The normalized spacial score (nSPS) is 14.5. The van der Waals surface area contributed by atoms with Crippen LogP contribution in [-0.4, -0.2) is 56.0 Å². The van der Waals surface area contributed by atoms with Crippen LogP contribution in [0.1, 0.15) is 40.5 Å². The second-order valence-electron chi connectivity index (χ2n) is 8.30. The lowest BCUT2D eigenvalue weighted by molar-refractivity contribution is 0.0711. The number of hydrogen-bond donors (Lipinski definition) is 1. The van der Waals surface area contributed by atoms with Crippen LogP contribution in [0.2, 0.25) is 0 Å². The molecule has 1 amide bonds. The summed E-state index contributed by atoms with van der Waals surface area (Å²) < 4.78 is 20.2. The van der Waals surface area contributed by atoms with Crippen molar-refractivity contribution in [2.75, 3.05) is 20.2 Å². The topological polar surface area (TPSA) is 106 Å². The maximum Gasteiger partial charge on any atom is 0.281 e. The summed E-state index contributed by atoms with van der Waals surface area (Å²) in [6, 6.07) is 13.2. The minimum absolute atomic E-state index is 0.00506. The summed E-state index contributed by atoms with van der Waals surface area (Å²) in [6.07, 6.45) is 1.34. The Morgan fingerprint density at radius 2 is 1.94 bits per heavy atom. The number of likely N-dealkylation sites (tertiary alicyclic amines) is 1. The number of halogens is 1. The minimum atomic E-state index is -0.359. The van der Waals surface area contributed by atoms with E-state index in [0.717, 1.165) is 0 Å². The number of hydrogen-bond acceptors (Lipinski definition) is 6. The molecule has 1 aliphatic heterocycles. The number of nitrogens with zero attached hydrogens (tertiary/aromatic N) is 5. The first kappa shape index (κ1) is 21.7. The van der Waals surface area contributed by atoms with Gasteiger partial charge in [-0.3, -0.25) is 9.59 Å². The summed E-state index contributed by atoms with van der Waals surface area (Å²) in [6.45, 7) is 1.36. The van der Waals surface area contributed by atoms with Crippen LogP contribution in [0.4, 0.5) is 4.39 Å². The van der Waals surface area contributed by atoms with Gasteiger partial charge in [0.15, 0.2) is 11.2 Å². The molecule has 4 aromatic rings. The van der Waals surface area contributed by atoms with Crippen LogP contribution in [-0.2, 0) is 6.54 Å². The van der Waals surface area contributed by atoms with E-state index in [1.165, 1.54) is 16.8 Å². The zero-order valence-corrected chi connectivity index (χ0v) is 18.6. The Morgan fingerprint density at radius 1 is 1.18 bits per heavy atom. The zero-order valence-electron chi connectivity index (χ0n) is 18.6. The van der Waals surface area contributed by atoms with Gasteiger partial charge in [0.05, 0.1) is 13.7 Å². The number of carbonyl (C=O) groups excluding carboxylic acids is 1. The van der Waals surface area contributed by atoms with Gasteiger partial charge in [-0.1, -0.05) is 17.3 Å². The molecule has 0 bridgehead atoms. The third-order valence-electron chi connectivity index (χ3n) is 6.12. The van der Waals surface area contributed by atoms with Crippen LogP contribution in [0.3, 0.4) is 0 Å². The van der Waals surface area contributed by atoms with Crippen molar-refractivity contribution in [1.82, 2.24) is 29.9 Å². The Balaban J connectivity index is 1.32. The molecule has 174 valence electrons. The largest absolute Gasteiger partial charge is 0.497 e. The average molecular weight is 462 g/mol. The highest BCUT2D eigenvalue weighted by Crippen LogP contribution is 2.27. The summed E-state index contributed by atoms with van der Waals surface area (Å²) in [5.74, 6) is 0.873. The lowest BCUT2D eigenvalue weighted by Gasteiger charge is -2.31. The van der Waals surface area contributed by atoms with Crippen molar-refractivity contribution in [3.63, 3.8) is 0 Å².